The fraction of sp³-hybridized carbons (Fsp3) is 0.574. The number of nitrogens with zero attached hydrogens (tertiary/aromatic N) is 13. The zero-order valence-corrected chi connectivity index (χ0v) is 42.2. The van der Waals surface area contributed by atoms with Crippen molar-refractivity contribution in [2.24, 2.45) is 17.4 Å². The number of rotatable bonds is 27. The summed E-state index contributed by atoms with van der Waals surface area (Å²) in [5.74, 6) is 2.26. The number of carboxylic acid groups (broad SMARTS) is 1. The molecule has 5 aromatic rings. The van der Waals surface area contributed by atoms with Crippen LogP contribution in [0.1, 0.15) is 74.4 Å². The maximum atomic E-state index is 14.6. The molecule has 6 heterocycles. The van der Waals surface area contributed by atoms with Crippen molar-refractivity contribution in [3.8, 4) is 12.3 Å². The van der Waals surface area contributed by atoms with Gasteiger partial charge in [-0.15, -0.1) is 29.0 Å². The van der Waals surface area contributed by atoms with Gasteiger partial charge in [0, 0.05) is 83.0 Å². The van der Waals surface area contributed by atoms with E-state index in [1.54, 1.807) is 15.8 Å². The van der Waals surface area contributed by atoms with E-state index < -0.39 is 24.1 Å². The molecule has 7 rings (SSSR count). The van der Waals surface area contributed by atoms with Crippen molar-refractivity contribution in [2.45, 2.75) is 63.7 Å². The summed E-state index contributed by atoms with van der Waals surface area (Å²) in [5.41, 5.74) is 15.3. The molecular weight excluding hydrogens is 966 g/mol. The van der Waals surface area contributed by atoms with Gasteiger partial charge in [0.15, 0.2) is 0 Å². The molecule has 2 saturated heterocycles. The molecule has 0 radical (unpaired) electrons. The van der Waals surface area contributed by atoms with Crippen LogP contribution in [0.5, 0.6) is 0 Å². The molecule has 5 atom stereocenters. The van der Waals surface area contributed by atoms with E-state index >= 15 is 0 Å². The molecule has 25 nitrogen and oxygen atoms in total. The van der Waals surface area contributed by atoms with Gasteiger partial charge in [0.1, 0.15) is 24.4 Å². The summed E-state index contributed by atoms with van der Waals surface area (Å²) >= 11 is 0. The van der Waals surface area contributed by atoms with Crippen LogP contribution in [-0.2, 0) is 35.0 Å². The van der Waals surface area contributed by atoms with Gasteiger partial charge in [-0.1, -0.05) is 54.8 Å². The lowest BCUT2D eigenvalue weighted by Gasteiger charge is -2.38. The summed E-state index contributed by atoms with van der Waals surface area (Å²) in [6.07, 6.45) is 9.42. The summed E-state index contributed by atoms with van der Waals surface area (Å²) in [4.78, 5) is 65.7. The first-order chi connectivity index (χ1) is 35.0. The number of halogens is 1. The number of para-hydroxylation sites is 1. The molecule has 73 heavy (non-hydrogen) atoms. The van der Waals surface area contributed by atoms with Crippen LogP contribution in [0.2, 0.25) is 0 Å². The molecule has 2 fully saturated rings. The Morgan fingerprint density at radius 1 is 0.822 bits per heavy atom. The van der Waals surface area contributed by atoms with Crippen molar-refractivity contribution in [2.75, 3.05) is 120 Å². The molecule has 0 bridgehead atoms. The first-order valence-corrected chi connectivity index (χ1v) is 24.4. The van der Waals surface area contributed by atoms with Crippen molar-refractivity contribution in [1.82, 2.24) is 59.7 Å². The number of aliphatic carboxylic acids is 1. The Labute approximate surface area is 429 Å². The fourth-order valence-electron chi connectivity index (χ4n) is 8.42. The number of aromatic nitrogens is 10. The molecule has 26 heteroatoms. The second-order valence-electron chi connectivity index (χ2n) is 17.8. The number of carboxylic acids is 1. The summed E-state index contributed by atoms with van der Waals surface area (Å²) in [7, 11) is 0. The number of aliphatic hydroxyl groups excluding tert-OH is 1. The third-order valence-corrected chi connectivity index (χ3v) is 12.9. The molecule has 8 N–H and O–H groups in total. The van der Waals surface area contributed by atoms with E-state index in [1.165, 1.54) is 10.9 Å². The van der Waals surface area contributed by atoms with Crippen LogP contribution in [0, 0.1) is 18.3 Å². The van der Waals surface area contributed by atoms with Gasteiger partial charge in [-0.2, -0.15) is 15.0 Å². The second kappa shape index (κ2) is 27.5. The number of piperazine rings is 2. The number of terminal acetylenes is 1. The van der Waals surface area contributed by atoms with Crippen LogP contribution in [-0.4, -0.2) is 193 Å². The number of H-pyrrole nitrogens is 1. The molecule has 396 valence electrons. The number of hydrogen-bond acceptors (Lipinski definition) is 19. The van der Waals surface area contributed by atoms with Crippen molar-refractivity contribution >= 4 is 58.9 Å². The molecule has 0 spiro atoms. The maximum Gasteiger partial charge on any atom is 0.303 e. The molecule has 1 aromatic carbocycles. The van der Waals surface area contributed by atoms with Crippen LogP contribution < -0.4 is 26.6 Å². The van der Waals surface area contributed by atoms with E-state index in [1.807, 2.05) is 39.0 Å². The minimum Gasteiger partial charge on any atom is -0.481 e. The van der Waals surface area contributed by atoms with E-state index in [-0.39, 0.29) is 81.0 Å². The number of aromatic amines is 1. The van der Waals surface area contributed by atoms with Gasteiger partial charge in [0.25, 0.3) is 0 Å². The Morgan fingerprint density at radius 2 is 1.40 bits per heavy atom. The van der Waals surface area contributed by atoms with Gasteiger partial charge >= 0.3 is 5.97 Å². The van der Waals surface area contributed by atoms with Gasteiger partial charge in [0.05, 0.1) is 69.8 Å². The highest BCUT2D eigenvalue weighted by molar-refractivity contribution is 5.85. The lowest BCUT2D eigenvalue weighted by Crippen LogP contribution is -2.52. The topological polar surface area (TPSA) is 312 Å². The average Bonchev–Trinajstić information content (AvgIpc) is 4.20. The average molecular weight is 1030 g/mol. The van der Waals surface area contributed by atoms with Gasteiger partial charge in [0.2, 0.25) is 29.7 Å². The van der Waals surface area contributed by atoms with Crippen LogP contribution in [0.4, 0.5) is 17.8 Å². The number of anilines is 3. The maximum absolute atomic E-state index is 14.6. The lowest BCUT2D eigenvalue weighted by molar-refractivity contribution is -0.139. The summed E-state index contributed by atoms with van der Waals surface area (Å²) in [5, 5.41) is 40.3. The normalized spacial score (nSPS) is 16.1. The second-order valence-corrected chi connectivity index (χ2v) is 17.8. The Hall–Kier alpha value is -6.53. The number of carbonyl (C=O) groups excluding carboxylic acids is 2. The Balaban J connectivity index is 0.00000869. The number of nitrogens with one attached hydrogen (secondary N) is 2. The lowest BCUT2D eigenvalue weighted by atomic mass is 9.98. The monoisotopic (exact) mass is 1030 g/mol. The predicted octanol–water partition coefficient (Wildman–Crippen LogP) is 0.978. The summed E-state index contributed by atoms with van der Waals surface area (Å²) in [6, 6.07) is 7.29. The first kappa shape index (κ1) is 55.8. The Bertz CT molecular complexity index is 2540. The third-order valence-electron chi connectivity index (χ3n) is 12.9. The standard InChI is InChI=1S/C47H67N17O8.ClH/c1-4-21-70-23-25-72-26-24-71-22-12-50-45-52-46(61-17-13-59(14-18-61)43(68)39(10-11-41(66)67)63-29-37(55-57-63)35(48)31-65)54-47(53-45)62-19-15-60(16-20-62)44(69)40(28-34-27-33-8-6-7-9-36(33)51-34)64-30-38(56-58-64)42(49)32(3)5-2;/h1,6-9,27,29-30,32,35,39-40,42,51,65H,5,10-26,28,31,48-49H2,2-3H3,(H,66,67)(H,50,52,53,54);1H/t32-,35?,39+,40+,42?;/m1./s1. The predicted molar refractivity (Wildman–Crippen MR) is 272 cm³/mol. The number of fused-ring (bicyclic) bond motifs is 1. The quantitative estimate of drug-likeness (QED) is 0.0315. The molecule has 0 aliphatic carbocycles. The van der Waals surface area contributed by atoms with E-state index in [2.05, 4.69) is 56.8 Å². The van der Waals surface area contributed by atoms with Gasteiger partial charge in [-0.25, -0.2) is 9.36 Å². The number of ether oxygens (including phenoxy) is 3. The molecule has 2 aliphatic heterocycles. The van der Waals surface area contributed by atoms with E-state index in [9.17, 15) is 24.6 Å². The van der Waals surface area contributed by atoms with Crippen LogP contribution in [0.3, 0.4) is 0 Å². The smallest absolute Gasteiger partial charge is 0.303 e. The number of benzene rings is 1. The number of hydrogen-bond donors (Lipinski definition) is 6. The number of carbonyl (C=O) groups is 3. The van der Waals surface area contributed by atoms with Crippen molar-refractivity contribution in [3.05, 3.63) is 59.8 Å². The molecule has 4 aromatic heterocycles. The SMILES string of the molecule is C#CCOCCOCCOCCNc1nc(N2CCN(C(=O)[C@H](CCC(=O)O)n3cc(C(N)CO)nn3)CC2)nc(N2CCN(C(=O)[C@H](Cc3cc4ccccc4[nH]3)n3cc(C(N)[C@H](C)CC)nn3)CC2)n1.Cl. The zero-order valence-electron chi connectivity index (χ0n) is 41.4. The van der Waals surface area contributed by atoms with E-state index in [0.717, 1.165) is 23.0 Å². The van der Waals surface area contributed by atoms with Crippen molar-refractivity contribution in [3.63, 3.8) is 0 Å². The zero-order chi connectivity index (χ0) is 51.0. The molecule has 2 unspecified atom stereocenters. The van der Waals surface area contributed by atoms with Crippen LogP contribution in [0.15, 0.2) is 42.7 Å². The van der Waals surface area contributed by atoms with Crippen molar-refractivity contribution < 1.29 is 38.8 Å². The third kappa shape index (κ3) is 15.0. The number of nitrogens with two attached hydrogens (primary N) is 2. The Kier molecular flexibility index (Phi) is 21.0. The summed E-state index contributed by atoms with van der Waals surface area (Å²) < 4.78 is 19.5. The largest absolute Gasteiger partial charge is 0.481 e. The van der Waals surface area contributed by atoms with E-state index in [0.29, 0.717) is 109 Å². The van der Waals surface area contributed by atoms with Gasteiger partial charge in [-0.05, 0) is 29.9 Å². The number of aliphatic hydroxyl groups is 1. The molecule has 2 aliphatic rings. The summed E-state index contributed by atoms with van der Waals surface area (Å²) in [6.45, 7) is 9.22. The van der Waals surface area contributed by atoms with Crippen LogP contribution in [0.25, 0.3) is 10.9 Å². The highest BCUT2D eigenvalue weighted by Gasteiger charge is 2.34. The van der Waals surface area contributed by atoms with Gasteiger partial charge < -0.3 is 65.8 Å². The Morgan fingerprint density at radius 3 is 2.00 bits per heavy atom. The fourth-order valence-corrected chi connectivity index (χ4v) is 8.42. The highest BCUT2D eigenvalue weighted by atomic mass is 35.5. The van der Waals surface area contributed by atoms with E-state index in [4.69, 9.17) is 47.1 Å². The highest BCUT2D eigenvalue weighted by Crippen LogP contribution is 2.27. The minimum absolute atomic E-state index is 0. The van der Waals surface area contributed by atoms with Gasteiger partial charge in [-0.3, -0.25) is 14.4 Å². The minimum atomic E-state index is -1.05. The number of amides is 2. The van der Waals surface area contributed by atoms with Crippen LogP contribution >= 0.6 is 12.4 Å². The van der Waals surface area contributed by atoms with Crippen molar-refractivity contribution in [1.29, 1.82) is 0 Å². The molecular formula is C47H68ClN17O8. The molecule has 2 amide bonds. The molecule has 0 saturated carbocycles. The first-order valence-electron chi connectivity index (χ1n) is 24.4.